The molecule has 2 atom stereocenters. The van der Waals surface area contributed by atoms with Crippen LogP contribution in [-0.2, 0) is 6.42 Å². The number of aromatic nitrogens is 1. The maximum atomic E-state index is 6.17. The Labute approximate surface area is 107 Å². The Hall–Kier alpha value is -1.29. The summed E-state index contributed by atoms with van der Waals surface area (Å²) in [7, 11) is 0. The zero-order valence-corrected chi connectivity index (χ0v) is 10.8. The Morgan fingerprint density at radius 1 is 1.50 bits per heavy atom. The van der Waals surface area contributed by atoms with Gasteiger partial charge in [0.1, 0.15) is 17.2 Å². The van der Waals surface area contributed by atoms with Crippen LogP contribution in [0.15, 0.2) is 12.3 Å². The van der Waals surface area contributed by atoms with Crippen LogP contribution in [0.25, 0.3) is 0 Å². The molecule has 96 valence electrons. The molecule has 4 heteroatoms. The number of fused-ring (bicyclic) bond motifs is 1. The second-order valence-corrected chi connectivity index (χ2v) is 5.94. The number of rotatable bonds is 1. The number of hydrogen-bond donors (Lipinski definition) is 1. The first kappa shape index (κ1) is 10.6. The van der Waals surface area contributed by atoms with E-state index in [4.69, 9.17) is 4.74 Å². The van der Waals surface area contributed by atoms with Gasteiger partial charge in [0, 0.05) is 44.1 Å². The van der Waals surface area contributed by atoms with Crippen molar-refractivity contribution >= 4 is 5.82 Å². The number of pyridine rings is 1. The van der Waals surface area contributed by atoms with Crippen molar-refractivity contribution in [3.05, 3.63) is 17.8 Å². The van der Waals surface area contributed by atoms with Crippen molar-refractivity contribution in [2.45, 2.75) is 37.8 Å². The van der Waals surface area contributed by atoms with Crippen molar-refractivity contribution in [1.29, 1.82) is 0 Å². The Morgan fingerprint density at radius 3 is 3.06 bits per heavy atom. The Kier molecular flexibility index (Phi) is 2.13. The average Bonchev–Trinajstić information content (AvgIpc) is 2.79. The Balaban J connectivity index is 1.61. The van der Waals surface area contributed by atoms with Gasteiger partial charge in [-0.3, -0.25) is 0 Å². The van der Waals surface area contributed by atoms with Crippen LogP contribution in [0.2, 0.25) is 0 Å². The number of ether oxygens (including phenoxy) is 1. The van der Waals surface area contributed by atoms with E-state index in [9.17, 15) is 0 Å². The third-order valence-electron chi connectivity index (χ3n) is 4.40. The minimum atomic E-state index is -0.00298. The van der Waals surface area contributed by atoms with Gasteiger partial charge in [0.05, 0.1) is 6.20 Å². The van der Waals surface area contributed by atoms with E-state index in [0.29, 0.717) is 6.04 Å². The lowest BCUT2D eigenvalue weighted by Gasteiger charge is -2.32. The van der Waals surface area contributed by atoms with Crippen LogP contribution in [0, 0.1) is 0 Å². The molecule has 0 aromatic carbocycles. The summed E-state index contributed by atoms with van der Waals surface area (Å²) in [6.45, 7) is 5.49. The monoisotopic (exact) mass is 245 g/mol. The molecule has 18 heavy (non-hydrogen) atoms. The van der Waals surface area contributed by atoms with Gasteiger partial charge in [0.2, 0.25) is 0 Å². The molecule has 3 aliphatic heterocycles. The number of nitrogens with one attached hydrogen (secondary N) is 1. The van der Waals surface area contributed by atoms with E-state index in [1.54, 1.807) is 0 Å². The highest BCUT2D eigenvalue weighted by Crippen LogP contribution is 2.40. The van der Waals surface area contributed by atoms with Crippen molar-refractivity contribution in [2.75, 3.05) is 24.5 Å². The topological polar surface area (TPSA) is 37.4 Å². The van der Waals surface area contributed by atoms with Crippen LogP contribution in [-0.4, -0.2) is 36.3 Å². The summed E-state index contributed by atoms with van der Waals surface area (Å²) in [5.74, 6) is 2.12. The summed E-state index contributed by atoms with van der Waals surface area (Å²) < 4.78 is 6.17. The number of nitrogens with zero attached hydrogens (tertiary/aromatic N) is 2. The quantitative estimate of drug-likeness (QED) is 0.810. The molecule has 1 aromatic heterocycles. The van der Waals surface area contributed by atoms with Gasteiger partial charge in [-0.1, -0.05) is 0 Å². The third-order valence-corrected chi connectivity index (χ3v) is 4.40. The molecule has 0 unspecified atom stereocenters. The van der Waals surface area contributed by atoms with Crippen LogP contribution in [0.4, 0.5) is 5.82 Å². The zero-order chi connectivity index (χ0) is 12.2. The van der Waals surface area contributed by atoms with Crippen molar-refractivity contribution in [3.8, 4) is 5.75 Å². The highest BCUT2D eigenvalue weighted by atomic mass is 16.5. The van der Waals surface area contributed by atoms with Gasteiger partial charge in [-0.05, 0) is 19.4 Å². The summed E-state index contributed by atoms with van der Waals surface area (Å²) in [5, 5.41) is 3.49. The third kappa shape index (κ3) is 1.52. The van der Waals surface area contributed by atoms with E-state index in [0.717, 1.165) is 44.0 Å². The molecule has 0 aliphatic carbocycles. The fourth-order valence-electron chi connectivity index (χ4n) is 3.31. The van der Waals surface area contributed by atoms with Crippen LogP contribution in [0.5, 0.6) is 5.75 Å². The molecule has 1 aromatic rings. The molecule has 0 radical (unpaired) electrons. The predicted octanol–water partition coefficient (Wildman–Crippen LogP) is 1.35. The Bertz CT molecular complexity index is 486. The van der Waals surface area contributed by atoms with E-state index < -0.39 is 0 Å². The van der Waals surface area contributed by atoms with Crippen molar-refractivity contribution in [3.63, 3.8) is 0 Å². The predicted molar refractivity (Wildman–Crippen MR) is 70.2 cm³/mol. The zero-order valence-electron chi connectivity index (χ0n) is 10.8. The molecule has 4 nitrogen and oxygen atoms in total. The molecule has 3 aliphatic rings. The lowest BCUT2D eigenvalue weighted by atomic mass is 9.95. The summed E-state index contributed by atoms with van der Waals surface area (Å²) in [4.78, 5) is 6.86. The highest BCUT2D eigenvalue weighted by molar-refractivity contribution is 5.50. The van der Waals surface area contributed by atoms with Gasteiger partial charge in [0.25, 0.3) is 0 Å². The lowest BCUT2D eigenvalue weighted by Crippen LogP contribution is -2.37. The molecule has 2 fully saturated rings. The molecule has 4 heterocycles. The standard InChI is InChI=1S/C14H19N3O/c1-10-6-14(9-16-10)7-11-5-13(17-3-2-4-17)15-8-12(11)18-14/h5,8,10,16H,2-4,6-7,9H2,1H3/t10-,14-/m0/s1. The van der Waals surface area contributed by atoms with Gasteiger partial charge in [0.15, 0.2) is 0 Å². The minimum absolute atomic E-state index is 0.00298. The maximum absolute atomic E-state index is 6.17. The molecule has 0 amide bonds. The van der Waals surface area contributed by atoms with E-state index >= 15 is 0 Å². The summed E-state index contributed by atoms with van der Waals surface area (Å²) >= 11 is 0. The van der Waals surface area contributed by atoms with Gasteiger partial charge in [-0.15, -0.1) is 0 Å². The van der Waals surface area contributed by atoms with Crippen LogP contribution in [0.3, 0.4) is 0 Å². The summed E-state index contributed by atoms with van der Waals surface area (Å²) in [6.07, 6.45) is 5.34. The van der Waals surface area contributed by atoms with E-state index in [2.05, 4.69) is 28.2 Å². The normalized spacial score (nSPS) is 33.4. The second-order valence-electron chi connectivity index (χ2n) is 5.94. The van der Waals surface area contributed by atoms with Crippen LogP contribution >= 0.6 is 0 Å². The average molecular weight is 245 g/mol. The molecular weight excluding hydrogens is 226 g/mol. The fourth-order valence-corrected chi connectivity index (χ4v) is 3.31. The molecular formula is C14H19N3O. The SMILES string of the molecule is C[C@H]1C[C@@]2(CN1)Cc1cc(N3CCC3)ncc1O2. The molecule has 1 spiro atoms. The van der Waals surface area contributed by atoms with Gasteiger partial charge in [-0.25, -0.2) is 4.98 Å². The smallest absolute Gasteiger partial charge is 0.142 e. The first-order valence-electron chi connectivity index (χ1n) is 6.90. The molecule has 1 N–H and O–H groups in total. The van der Waals surface area contributed by atoms with Crippen molar-refractivity contribution in [2.24, 2.45) is 0 Å². The number of hydrogen-bond acceptors (Lipinski definition) is 4. The lowest BCUT2D eigenvalue weighted by molar-refractivity contribution is 0.115. The van der Waals surface area contributed by atoms with Crippen LogP contribution in [0.1, 0.15) is 25.3 Å². The molecule has 2 saturated heterocycles. The molecule has 0 saturated carbocycles. The van der Waals surface area contributed by atoms with Gasteiger partial charge in [-0.2, -0.15) is 0 Å². The summed E-state index contributed by atoms with van der Waals surface area (Å²) in [6, 6.07) is 2.79. The largest absolute Gasteiger partial charge is 0.484 e. The first-order valence-corrected chi connectivity index (χ1v) is 6.90. The Morgan fingerprint density at radius 2 is 2.39 bits per heavy atom. The highest BCUT2D eigenvalue weighted by Gasteiger charge is 2.44. The van der Waals surface area contributed by atoms with Gasteiger partial charge < -0.3 is 15.0 Å². The number of anilines is 1. The molecule has 0 bridgehead atoms. The molecule has 4 rings (SSSR count). The maximum Gasteiger partial charge on any atom is 0.142 e. The van der Waals surface area contributed by atoms with E-state index in [1.807, 2.05) is 6.20 Å². The van der Waals surface area contributed by atoms with Crippen molar-refractivity contribution < 1.29 is 4.74 Å². The van der Waals surface area contributed by atoms with Crippen LogP contribution < -0.4 is 15.0 Å². The fraction of sp³-hybridized carbons (Fsp3) is 0.643. The second kappa shape index (κ2) is 3.60. The van der Waals surface area contributed by atoms with Crippen molar-refractivity contribution in [1.82, 2.24) is 10.3 Å². The van der Waals surface area contributed by atoms with E-state index in [1.165, 1.54) is 12.0 Å². The van der Waals surface area contributed by atoms with Gasteiger partial charge >= 0.3 is 0 Å². The minimum Gasteiger partial charge on any atom is -0.484 e. The summed E-state index contributed by atoms with van der Waals surface area (Å²) in [5.41, 5.74) is 1.33. The first-order chi connectivity index (χ1) is 8.74. The van der Waals surface area contributed by atoms with E-state index in [-0.39, 0.29) is 5.60 Å².